The third-order valence-corrected chi connectivity index (χ3v) is 4.12. The smallest absolute Gasteiger partial charge is 0.251 e. The molecule has 2 amide bonds. The van der Waals surface area contributed by atoms with Crippen molar-refractivity contribution in [1.82, 2.24) is 10.8 Å². The molecule has 2 aromatic carbocycles. The van der Waals surface area contributed by atoms with Gasteiger partial charge < -0.3 is 10.1 Å². The van der Waals surface area contributed by atoms with Gasteiger partial charge in [0, 0.05) is 24.1 Å². The molecule has 3 N–H and O–H groups in total. The van der Waals surface area contributed by atoms with Gasteiger partial charge in [0.2, 0.25) is 5.91 Å². The van der Waals surface area contributed by atoms with E-state index in [1.165, 1.54) is 7.11 Å². The van der Waals surface area contributed by atoms with Gasteiger partial charge in [-0.15, -0.1) is 0 Å². The van der Waals surface area contributed by atoms with Gasteiger partial charge in [-0.3, -0.25) is 14.8 Å². The number of hydrogen-bond acceptors (Lipinski definition) is 4. The van der Waals surface area contributed by atoms with Crippen molar-refractivity contribution in [3.63, 3.8) is 0 Å². The van der Waals surface area contributed by atoms with Gasteiger partial charge in [-0.1, -0.05) is 35.9 Å². The van der Waals surface area contributed by atoms with Crippen molar-refractivity contribution in [3.05, 3.63) is 59.1 Å². The van der Waals surface area contributed by atoms with Gasteiger partial charge in [0.15, 0.2) is 0 Å². The van der Waals surface area contributed by atoms with Gasteiger partial charge in [0.05, 0.1) is 12.6 Å². The standard InChI is InChI=1S/C19H21ClN2O4/c1-26-12-17(10-11-18(23)22-25)21-19(24)15-4-2-13(3-5-15)14-6-8-16(20)9-7-14/h2-9,17,25H,10-12H2,1H3,(H,21,24)(H,22,23)/t17-/m0/s1. The molecule has 7 heteroatoms. The monoisotopic (exact) mass is 376 g/mol. The minimum atomic E-state index is -0.507. The second-order valence-corrected chi connectivity index (χ2v) is 6.22. The Morgan fingerprint density at radius 2 is 1.65 bits per heavy atom. The summed E-state index contributed by atoms with van der Waals surface area (Å²) in [5, 5.41) is 12.1. The van der Waals surface area contributed by atoms with Crippen LogP contribution in [0.1, 0.15) is 23.2 Å². The summed E-state index contributed by atoms with van der Waals surface area (Å²) in [4.78, 5) is 23.5. The quantitative estimate of drug-likeness (QED) is 0.488. The van der Waals surface area contributed by atoms with Crippen LogP contribution in [0.5, 0.6) is 0 Å². The number of halogens is 1. The van der Waals surface area contributed by atoms with Crippen LogP contribution in [0.15, 0.2) is 48.5 Å². The Morgan fingerprint density at radius 1 is 1.08 bits per heavy atom. The first-order valence-corrected chi connectivity index (χ1v) is 8.50. The minimum Gasteiger partial charge on any atom is -0.383 e. The molecule has 2 aromatic rings. The molecule has 0 spiro atoms. The summed E-state index contributed by atoms with van der Waals surface area (Å²) < 4.78 is 5.07. The average molecular weight is 377 g/mol. The lowest BCUT2D eigenvalue weighted by atomic mass is 10.0. The molecule has 1 atom stereocenters. The lowest BCUT2D eigenvalue weighted by molar-refractivity contribution is -0.129. The molecule has 0 fully saturated rings. The molecule has 0 unspecified atom stereocenters. The average Bonchev–Trinajstić information content (AvgIpc) is 2.66. The first-order chi connectivity index (χ1) is 12.5. The Labute approximate surface area is 157 Å². The number of rotatable bonds is 8. The molecule has 0 bridgehead atoms. The molecule has 138 valence electrons. The highest BCUT2D eigenvalue weighted by Gasteiger charge is 2.15. The number of benzene rings is 2. The number of amides is 2. The number of nitrogens with one attached hydrogen (secondary N) is 2. The van der Waals surface area contributed by atoms with Gasteiger partial charge in [0.25, 0.3) is 5.91 Å². The summed E-state index contributed by atoms with van der Waals surface area (Å²) in [6.07, 6.45) is 0.440. The second kappa shape index (κ2) is 9.91. The fraction of sp³-hybridized carbons (Fsp3) is 0.263. The van der Waals surface area contributed by atoms with Crippen LogP contribution in [0.3, 0.4) is 0 Å². The molecule has 6 nitrogen and oxygen atoms in total. The van der Waals surface area contributed by atoms with Crippen LogP contribution in [0.2, 0.25) is 5.02 Å². The van der Waals surface area contributed by atoms with Crippen LogP contribution >= 0.6 is 11.6 Å². The third kappa shape index (κ3) is 5.84. The molecular weight excluding hydrogens is 356 g/mol. The second-order valence-electron chi connectivity index (χ2n) is 5.78. The Kier molecular flexibility index (Phi) is 7.59. The zero-order valence-electron chi connectivity index (χ0n) is 14.4. The number of hydrogen-bond donors (Lipinski definition) is 3. The van der Waals surface area contributed by atoms with E-state index >= 15 is 0 Å². The molecule has 0 saturated carbocycles. The maximum absolute atomic E-state index is 12.4. The van der Waals surface area contributed by atoms with E-state index in [9.17, 15) is 9.59 Å². The zero-order valence-corrected chi connectivity index (χ0v) is 15.1. The van der Waals surface area contributed by atoms with Crippen LogP contribution in [0.4, 0.5) is 0 Å². The van der Waals surface area contributed by atoms with Crippen molar-refractivity contribution in [2.45, 2.75) is 18.9 Å². The topological polar surface area (TPSA) is 87.7 Å². The van der Waals surface area contributed by atoms with Gasteiger partial charge in [-0.05, 0) is 41.8 Å². The SMILES string of the molecule is COC[C@H](CCC(=O)NO)NC(=O)c1ccc(-c2ccc(Cl)cc2)cc1. The van der Waals surface area contributed by atoms with Crippen molar-refractivity contribution < 1.29 is 19.5 Å². The van der Waals surface area contributed by atoms with Gasteiger partial charge in [-0.2, -0.15) is 0 Å². The fourth-order valence-corrected chi connectivity index (χ4v) is 2.61. The maximum atomic E-state index is 12.4. The summed E-state index contributed by atoms with van der Waals surface area (Å²) in [5.74, 6) is -0.758. The number of hydroxylamine groups is 1. The van der Waals surface area contributed by atoms with E-state index in [0.717, 1.165) is 11.1 Å². The molecule has 0 aliphatic carbocycles. The molecule has 0 saturated heterocycles. The Balaban J connectivity index is 2.01. The van der Waals surface area contributed by atoms with E-state index in [0.29, 0.717) is 17.0 Å². The van der Waals surface area contributed by atoms with Crippen LogP contribution in [0, 0.1) is 0 Å². The molecular formula is C19H21ClN2O4. The Hall–Kier alpha value is -2.41. The lowest BCUT2D eigenvalue weighted by Crippen LogP contribution is -2.39. The van der Waals surface area contributed by atoms with Crippen LogP contribution in [-0.2, 0) is 9.53 Å². The maximum Gasteiger partial charge on any atom is 0.251 e. The van der Waals surface area contributed by atoms with E-state index in [1.54, 1.807) is 17.6 Å². The molecule has 0 aliphatic rings. The number of carbonyl (C=O) groups excluding carboxylic acids is 2. The highest BCUT2D eigenvalue weighted by Crippen LogP contribution is 2.22. The van der Waals surface area contributed by atoms with E-state index in [1.807, 2.05) is 36.4 Å². The third-order valence-electron chi connectivity index (χ3n) is 3.87. The summed E-state index contributed by atoms with van der Waals surface area (Å²) in [6, 6.07) is 14.3. The Bertz CT molecular complexity index is 732. The highest BCUT2D eigenvalue weighted by atomic mass is 35.5. The van der Waals surface area contributed by atoms with E-state index in [4.69, 9.17) is 21.5 Å². The summed E-state index contributed by atoms with van der Waals surface area (Å²) >= 11 is 5.89. The van der Waals surface area contributed by atoms with E-state index in [-0.39, 0.29) is 25.0 Å². The van der Waals surface area contributed by atoms with Gasteiger partial charge in [0.1, 0.15) is 0 Å². The molecule has 0 radical (unpaired) electrons. The van der Waals surface area contributed by atoms with E-state index in [2.05, 4.69) is 5.32 Å². The first kappa shape index (κ1) is 19.9. The van der Waals surface area contributed by atoms with Crippen LogP contribution in [0.25, 0.3) is 11.1 Å². The lowest BCUT2D eigenvalue weighted by Gasteiger charge is -2.17. The molecule has 26 heavy (non-hydrogen) atoms. The molecule has 0 heterocycles. The van der Waals surface area contributed by atoms with Gasteiger partial charge >= 0.3 is 0 Å². The summed E-state index contributed by atoms with van der Waals surface area (Å²) in [6.45, 7) is 0.271. The molecule has 0 aromatic heterocycles. The summed E-state index contributed by atoms with van der Waals surface area (Å²) in [7, 11) is 1.52. The largest absolute Gasteiger partial charge is 0.383 e. The molecule has 0 aliphatic heterocycles. The first-order valence-electron chi connectivity index (χ1n) is 8.12. The van der Waals surface area contributed by atoms with Gasteiger partial charge in [-0.25, -0.2) is 5.48 Å². The highest BCUT2D eigenvalue weighted by molar-refractivity contribution is 6.30. The Morgan fingerprint density at radius 3 is 2.19 bits per heavy atom. The summed E-state index contributed by atoms with van der Waals surface area (Å²) in [5.41, 5.74) is 4.07. The van der Waals surface area contributed by atoms with Crippen molar-refractivity contribution in [2.24, 2.45) is 0 Å². The van der Waals surface area contributed by atoms with Crippen molar-refractivity contribution in [3.8, 4) is 11.1 Å². The number of methoxy groups -OCH3 is 1. The van der Waals surface area contributed by atoms with Crippen molar-refractivity contribution in [1.29, 1.82) is 0 Å². The predicted octanol–water partition coefficient (Wildman–Crippen LogP) is 3.04. The zero-order chi connectivity index (χ0) is 18.9. The normalized spacial score (nSPS) is 11.7. The van der Waals surface area contributed by atoms with E-state index < -0.39 is 5.91 Å². The van der Waals surface area contributed by atoms with Crippen molar-refractivity contribution in [2.75, 3.05) is 13.7 Å². The van der Waals surface area contributed by atoms with Crippen LogP contribution < -0.4 is 10.8 Å². The number of carbonyl (C=O) groups is 2. The fourth-order valence-electron chi connectivity index (χ4n) is 2.48. The van der Waals surface area contributed by atoms with Crippen molar-refractivity contribution >= 4 is 23.4 Å². The minimum absolute atomic E-state index is 0.0836. The predicted molar refractivity (Wildman–Crippen MR) is 99.2 cm³/mol. The molecule has 2 rings (SSSR count). The van der Waals surface area contributed by atoms with Crippen LogP contribution in [-0.4, -0.2) is 36.8 Å². The number of ether oxygens (including phenoxy) is 1.